The second-order valence-electron chi connectivity index (χ2n) is 5.57. The van der Waals surface area contributed by atoms with Gasteiger partial charge in [-0.05, 0) is 24.5 Å². The van der Waals surface area contributed by atoms with Crippen molar-refractivity contribution in [2.75, 3.05) is 6.54 Å². The van der Waals surface area contributed by atoms with Crippen LogP contribution in [0.5, 0.6) is 0 Å². The molecule has 0 aliphatic carbocycles. The highest BCUT2D eigenvalue weighted by Crippen LogP contribution is 2.27. The smallest absolute Gasteiger partial charge is 0.220 e. The Morgan fingerprint density at radius 1 is 1.00 bits per heavy atom. The normalized spacial score (nSPS) is 12.1. The van der Waals surface area contributed by atoms with Gasteiger partial charge in [0.2, 0.25) is 5.91 Å². The lowest BCUT2D eigenvalue weighted by molar-refractivity contribution is -0.121. The number of aliphatic hydroxyl groups excluding tert-OH is 1. The molecule has 0 spiro atoms. The first-order valence-corrected chi connectivity index (χ1v) is 7.71. The fourth-order valence-electron chi connectivity index (χ4n) is 2.48. The number of amides is 1. The molecule has 116 valence electrons. The van der Waals surface area contributed by atoms with E-state index in [2.05, 4.69) is 29.6 Å². The van der Waals surface area contributed by atoms with Gasteiger partial charge in [0.15, 0.2) is 0 Å². The van der Waals surface area contributed by atoms with Crippen LogP contribution in [0.4, 0.5) is 0 Å². The Bertz CT molecular complexity index is 527. The predicted molar refractivity (Wildman–Crippen MR) is 88.7 cm³/mol. The lowest BCUT2D eigenvalue weighted by Gasteiger charge is -2.18. The van der Waals surface area contributed by atoms with Crippen molar-refractivity contribution >= 4 is 5.91 Å². The summed E-state index contributed by atoms with van der Waals surface area (Å²) in [6.45, 7) is 2.23. The zero-order chi connectivity index (χ0) is 15.8. The van der Waals surface area contributed by atoms with Crippen molar-refractivity contribution in [1.29, 1.82) is 0 Å². The van der Waals surface area contributed by atoms with Crippen LogP contribution in [0.15, 0.2) is 60.7 Å². The molecule has 0 bridgehead atoms. The van der Waals surface area contributed by atoms with E-state index in [0.717, 1.165) is 11.1 Å². The summed E-state index contributed by atoms with van der Waals surface area (Å²) >= 11 is 0. The molecule has 0 aliphatic rings. The third kappa shape index (κ3) is 5.01. The van der Waals surface area contributed by atoms with Crippen LogP contribution in [0, 0.1) is 0 Å². The maximum absolute atomic E-state index is 12.2. The van der Waals surface area contributed by atoms with E-state index >= 15 is 0 Å². The summed E-state index contributed by atoms with van der Waals surface area (Å²) in [6, 6.07) is 20.2. The van der Waals surface area contributed by atoms with Gasteiger partial charge in [-0.25, -0.2) is 0 Å². The van der Waals surface area contributed by atoms with Crippen molar-refractivity contribution < 1.29 is 9.90 Å². The molecule has 2 rings (SSSR count). The highest BCUT2D eigenvalue weighted by Gasteiger charge is 2.17. The topological polar surface area (TPSA) is 49.3 Å². The van der Waals surface area contributed by atoms with Gasteiger partial charge in [0.1, 0.15) is 0 Å². The lowest BCUT2D eigenvalue weighted by Crippen LogP contribution is -2.28. The van der Waals surface area contributed by atoms with Gasteiger partial charge in [-0.15, -0.1) is 0 Å². The second kappa shape index (κ2) is 8.35. The molecule has 2 aromatic carbocycles. The average molecular weight is 297 g/mol. The SMILES string of the molecule is CC(O)CCNC(=O)CC(c1ccccc1)c1ccccc1. The highest BCUT2D eigenvalue weighted by atomic mass is 16.3. The molecular weight excluding hydrogens is 274 g/mol. The van der Waals surface area contributed by atoms with Crippen LogP contribution >= 0.6 is 0 Å². The van der Waals surface area contributed by atoms with Crippen molar-refractivity contribution in [3.63, 3.8) is 0 Å². The number of carbonyl (C=O) groups is 1. The van der Waals surface area contributed by atoms with Gasteiger partial charge in [-0.2, -0.15) is 0 Å². The van der Waals surface area contributed by atoms with E-state index < -0.39 is 0 Å². The maximum atomic E-state index is 12.2. The van der Waals surface area contributed by atoms with E-state index in [1.54, 1.807) is 6.92 Å². The second-order valence-corrected chi connectivity index (χ2v) is 5.57. The number of carbonyl (C=O) groups excluding carboxylic acids is 1. The van der Waals surface area contributed by atoms with Crippen LogP contribution in [0.1, 0.15) is 36.8 Å². The Kier molecular flexibility index (Phi) is 6.16. The van der Waals surface area contributed by atoms with Crippen LogP contribution in [0.25, 0.3) is 0 Å². The van der Waals surface area contributed by atoms with E-state index in [0.29, 0.717) is 19.4 Å². The van der Waals surface area contributed by atoms with E-state index in [4.69, 9.17) is 0 Å². The molecule has 0 saturated heterocycles. The minimum absolute atomic E-state index is 0.0124. The van der Waals surface area contributed by atoms with Crippen LogP contribution in [-0.2, 0) is 4.79 Å². The number of aliphatic hydroxyl groups is 1. The summed E-state index contributed by atoms with van der Waals surface area (Å²) in [5.41, 5.74) is 2.28. The zero-order valence-corrected chi connectivity index (χ0v) is 12.9. The van der Waals surface area contributed by atoms with Crippen LogP contribution < -0.4 is 5.32 Å². The van der Waals surface area contributed by atoms with Gasteiger partial charge in [-0.1, -0.05) is 60.7 Å². The maximum Gasteiger partial charge on any atom is 0.220 e. The van der Waals surface area contributed by atoms with E-state index in [1.807, 2.05) is 36.4 Å². The fraction of sp³-hybridized carbons (Fsp3) is 0.316. The number of nitrogens with one attached hydrogen (secondary N) is 1. The highest BCUT2D eigenvalue weighted by molar-refractivity contribution is 5.77. The Labute approximate surface area is 132 Å². The third-order valence-corrected chi connectivity index (χ3v) is 3.68. The first-order chi connectivity index (χ1) is 10.7. The van der Waals surface area contributed by atoms with Crippen molar-refractivity contribution in [1.82, 2.24) is 5.32 Å². The molecule has 1 atom stereocenters. The number of rotatable bonds is 7. The first kappa shape index (κ1) is 16.2. The lowest BCUT2D eigenvalue weighted by atomic mass is 9.88. The molecule has 3 heteroatoms. The Hall–Kier alpha value is -2.13. The summed E-state index contributed by atoms with van der Waals surface area (Å²) in [4.78, 5) is 12.2. The quantitative estimate of drug-likeness (QED) is 0.825. The Balaban J connectivity index is 2.08. The molecule has 1 amide bonds. The average Bonchev–Trinajstić information content (AvgIpc) is 2.54. The molecule has 3 nitrogen and oxygen atoms in total. The fourth-order valence-corrected chi connectivity index (χ4v) is 2.48. The van der Waals surface area contributed by atoms with Crippen molar-refractivity contribution in [3.8, 4) is 0 Å². The van der Waals surface area contributed by atoms with E-state index in [1.165, 1.54) is 0 Å². The van der Waals surface area contributed by atoms with E-state index in [-0.39, 0.29) is 17.9 Å². The van der Waals surface area contributed by atoms with Crippen molar-refractivity contribution in [3.05, 3.63) is 71.8 Å². The summed E-state index contributed by atoms with van der Waals surface area (Å²) in [5, 5.41) is 12.1. The third-order valence-electron chi connectivity index (χ3n) is 3.68. The molecule has 0 heterocycles. The van der Waals surface area contributed by atoms with Gasteiger partial charge < -0.3 is 10.4 Å². The molecule has 2 N–H and O–H groups in total. The summed E-state index contributed by atoms with van der Waals surface area (Å²) < 4.78 is 0. The Morgan fingerprint density at radius 2 is 1.50 bits per heavy atom. The molecule has 0 saturated carbocycles. The molecule has 22 heavy (non-hydrogen) atoms. The minimum atomic E-state index is -0.389. The summed E-state index contributed by atoms with van der Waals surface area (Å²) in [7, 11) is 0. The van der Waals surface area contributed by atoms with Gasteiger partial charge in [0.05, 0.1) is 6.10 Å². The van der Waals surface area contributed by atoms with Gasteiger partial charge in [0, 0.05) is 18.9 Å². The van der Waals surface area contributed by atoms with Crippen molar-refractivity contribution in [2.45, 2.75) is 31.8 Å². The minimum Gasteiger partial charge on any atom is -0.393 e. The van der Waals surface area contributed by atoms with Gasteiger partial charge in [-0.3, -0.25) is 4.79 Å². The predicted octanol–water partition coefficient (Wildman–Crippen LogP) is 3.10. The molecule has 0 fully saturated rings. The monoisotopic (exact) mass is 297 g/mol. The standard InChI is InChI=1S/C19H23NO2/c1-15(21)12-13-20-19(22)14-18(16-8-4-2-5-9-16)17-10-6-3-7-11-17/h2-11,15,18,21H,12-14H2,1H3,(H,20,22). The number of hydrogen-bond acceptors (Lipinski definition) is 2. The van der Waals surface area contributed by atoms with Crippen LogP contribution in [0.2, 0.25) is 0 Å². The number of hydrogen-bond donors (Lipinski definition) is 2. The van der Waals surface area contributed by atoms with Crippen LogP contribution in [-0.4, -0.2) is 23.7 Å². The van der Waals surface area contributed by atoms with E-state index in [9.17, 15) is 9.90 Å². The Morgan fingerprint density at radius 3 is 1.95 bits per heavy atom. The van der Waals surface area contributed by atoms with Crippen molar-refractivity contribution in [2.24, 2.45) is 0 Å². The molecular formula is C19H23NO2. The molecule has 0 aliphatic heterocycles. The molecule has 2 aromatic rings. The number of benzene rings is 2. The molecule has 0 aromatic heterocycles. The van der Waals surface area contributed by atoms with Gasteiger partial charge in [0.25, 0.3) is 0 Å². The summed E-state index contributed by atoms with van der Waals surface area (Å²) in [5.74, 6) is 0.0623. The van der Waals surface area contributed by atoms with Crippen LogP contribution in [0.3, 0.4) is 0 Å². The molecule has 0 radical (unpaired) electrons. The zero-order valence-electron chi connectivity index (χ0n) is 12.9. The summed E-state index contributed by atoms with van der Waals surface area (Å²) in [6.07, 6.45) is 0.598. The molecule has 1 unspecified atom stereocenters. The largest absolute Gasteiger partial charge is 0.393 e. The van der Waals surface area contributed by atoms with Gasteiger partial charge >= 0.3 is 0 Å². The first-order valence-electron chi connectivity index (χ1n) is 7.71.